The van der Waals surface area contributed by atoms with Gasteiger partial charge in [0, 0.05) is 25.8 Å². The molecule has 84 valence electrons. The Labute approximate surface area is 89.6 Å². The van der Waals surface area contributed by atoms with Crippen LogP contribution in [0.2, 0.25) is 0 Å². The van der Waals surface area contributed by atoms with Gasteiger partial charge in [0.25, 0.3) is 0 Å². The average Bonchev–Trinajstić information content (AvgIpc) is 2.15. The summed E-state index contributed by atoms with van der Waals surface area (Å²) in [6.07, 6.45) is 3.68. The fourth-order valence-corrected chi connectivity index (χ4v) is 1.69. The monoisotopic (exact) mass is 211 g/mol. The Morgan fingerprint density at radius 1 is 1.20 bits per heavy atom. The van der Waals surface area contributed by atoms with Crippen molar-refractivity contribution in [2.45, 2.75) is 45.4 Å². The number of nitrogens with zero attached hydrogens (tertiary/aromatic N) is 1. The molecule has 2 amide bonds. The molecule has 1 heterocycles. The molecule has 0 radical (unpaired) electrons. The van der Waals surface area contributed by atoms with E-state index in [4.69, 9.17) is 0 Å². The first kappa shape index (κ1) is 11.9. The summed E-state index contributed by atoms with van der Waals surface area (Å²) in [4.78, 5) is 34.8. The first-order valence-electron chi connectivity index (χ1n) is 5.44. The van der Waals surface area contributed by atoms with Crippen LogP contribution >= 0.6 is 0 Å². The average molecular weight is 211 g/mol. The van der Waals surface area contributed by atoms with Crippen LogP contribution in [0.5, 0.6) is 0 Å². The van der Waals surface area contributed by atoms with Crippen molar-refractivity contribution in [2.75, 3.05) is 6.54 Å². The molecule has 0 aromatic heterocycles. The summed E-state index contributed by atoms with van der Waals surface area (Å²) in [6.45, 7) is 2.03. The summed E-state index contributed by atoms with van der Waals surface area (Å²) in [7, 11) is 0. The highest BCUT2D eigenvalue weighted by Gasteiger charge is 2.24. The number of ketones is 1. The zero-order valence-electron chi connectivity index (χ0n) is 9.12. The molecular formula is C11H17NO3. The standard InChI is InChI=1S/C11H17NO3/c1-9(13)5-2-3-8-12-10(14)6-4-7-11(12)15/h2-8H2,1H3. The third-order valence-electron chi connectivity index (χ3n) is 2.54. The van der Waals surface area contributed by atoms with Crippen molar-refractivity contribution in [1.29, 1.82) is 0 Å². The minimum Gasteiger partial charge on any atom is -0.300 e. The maximum absolute atomic E-state index is 11.4. The molecule has 1 rings (SSSR count). The van der Waals surface area contributed by atoms with Crippen molar-refractivity contribution in [2.24, 2.45) is 0 Å². The first-order chi connectivity index (χ1) is 7.11. The van der Waals surface area contributed by atoms with Gasteiger partial charge in [-0.05, 0) is 26.2 Å². The van der Waals surface area contributed by atoms with Crippen LogP contribution in [0.4, 0.5) is 0 Å². The quantitative estimate of drug-likeness (QED) is 0.508. The molecule has 0 spiro atoms. The fourth-order valence-electron chi connectivity index (χ4n) is 1.69. The number of imide groups is 1. The number of Topliss-reactive ketones (excluding diaryl/α,β-unsaturated/α-hetero) is 1. The van der Waals surface area contributed by atoms with Gasteiger partial charge in [0.2, 0.25) is 11.8 Å². The summed E-state index contributed by atoms with van der Waals surface area (Å²) in [6, 6.07) is 0. The molecule has 1 saturated heterocycles. The number of carbonyl (C=O) groups is 3. The van der Waals surface area contributed by atoms with Crippen molar-refractivity contribution in [1.82, 2.24) is 4.90 Å². The number of hydrogen-bond acceptors (Lipinski definition) is 3. The van der Waals surface area contributed by atoms with Crippen molar-refractivity contribution in [3.63, 3.8) is 0 Å². The van der Waals surface area contributed by atoms with Gasteiger partial charge in [0.1, 0.15) is 5.78 Å². The van der Waals surface area contributed by atoms with Crippen molar-refractivity contribution in [3.05, 3.63) is 0 Å². The normalized spacial score (nSPS) is 17.0. The van der Waals surface area contributed by atoms with Crippen LogP contribution in [-0.4, -0.2) is 29.0 Å². The molecule has 0 saturated carbocycles. The SMILES string of the molecule is CC(=O)CCCCN1C(=O)CCCC1=O. The van der Waals surface area contributed by atoms with E-state index in [-0.39, 0.29) is 17.6 Å². The largest absolute Gasteiger partial charge is 0.300 e. The highest BCUT2D eigenvalue weighted by Crippen LogP contribution is 2.13. The lowest BCUT2D eigenvalue weighted by atomic mass is 10.1. The zero-order valence-corrected chi connectivity index (χ0v) is 9.12. The van der Waals surface area contributed by atoms with E-state index < -0.39 is 0 Å². The molecule has 0 aliphatic carbocycles. The van der Waals surface area contributed by atoms with Crippen LogP contribution in [0.15, 0.2) is 0 Å². The maximum atomic E-state index is 11.4. The maximum Gasteiger partial charge on any atom is 0.229 e. The molecule has 4 nitrogen and oxygen atoms in total. The van der Waals surface area contributed by atoms with Crippen LogP contribution < -0.4 is 0 Å². The van der Waals surface area contributed by atoms with Gasteiger partial charge in [0.15, 0.2) is 0 Å². The summed E-state index contributed by atoms with van der Waals surface area (Å²) >= 11 is 0. The third kappa shape index (κ3) is 3.81. The minimum atomic E-state index is -0.0610. The van der Waals surface area contributed by atoms with Crippen LogP contribution in [0.25, 0.3) is 0 Å². The fraction of sp³-hybridized carbons (Fsp3) is 0.727. The molecule has 0 aromatic carbocycles. The summed E-state index contributed by atoms with van der Waals surface area (Å²) in [5, 5.41) is 0. The van der Waals surface area contributed by atoms with Gasteiger partial charge in [-0.15, -0.1) is 0 Å². The van der Waals surface area contributed by atoms with E-state index in [1.54, 1.807) is 6.92 Å². The van der Waals surface area contributed by atoms with Gasteiger partial charge in [0.05, 0.1) is 0 Å². The number of amides is 2. The second-order valence-electron chi connectivity index (χ2n) is 3.95. The predicted molar refractivity (Wildman–Crippen MR) is 55.1 cm³/mol. The van der Waals surface area contributed by atoms with Crippen molar-refractivity contribution >= 4 is 17.6 Å². The lowest BCUT2D eigenvalue weighted by Crippen LogP contribution is -2.40. The summed E-state index contributed by atoms with van der Waals surface area (Å²) in [5.41, 5.74) is 0. The van der Waals surface area contributed by atoms with Gasteiger partial charge in [-0.2, -0.15) is 0 Å². The number of rotatable bonds is 5. The Kier molecular flexibility index (Phi) is 4.46. The molecule has 0 unspecified atom stereocenters. The number of carbonyl (C=O) groups excluding carboxylic acids is 3. The lowest BCUT2D eigenvalue weighted by molar-refractivity contribution is -0.147. The number of hydrogen-bond donors (Lipinski definition) is 0. The molecule has 0 atom stereocenters. The summed E-state index contributed by atoms with van der Waals surface area (Å²) in [5.74, 6) is 0.0365. The predicted octanol–water partition coefficient (Wildman–Crippen LogP) is 1.28. The molecular weight excluding hydrogens is 194 g/mol. The molecule has 1 aliphatic rings. The highest BCUT2D eigenvalue weighted by molar-refractivity contribution is 5.97. The van der Waals surface area contributed by atoms with Crippen molar-refractivity contribution in [3.8, 4) is 0 Å². The van der Waals surface area contributed by atoms with Gasteiger partial charge >= 0.3 is 0 Å². The number of unbranched alkanes of at least 4 members (excludes halogenated alkanes) is 1. The van der Waals surface area contributed by atoms with Crippen LogP contribution in [0.3, 0.4) is 0 Å². The lowest BCUT2D eigenvalue weighted by Gasteiger charge is -2.24. The highest BCUT2D eigenvalue weighted by atomic mass is 16.2. The summed E-state index contributed by atoms with van der Waals surface area (Å²) < 4.78 is 0. The Bertz CT molecular complexity index is 257. The molecule has 0 aromatic rings. The van der Waals surface area contributed by atoms with Crippen LogP contribution in [0, 0.1) is 0 Å². The Morgan fingerprint density at radius 3 is 2.33 bits per heavy atom. The Morgan fingerprint density at radius 2 is 1.80 bits per heavy atom. The van der Waals surface area contributed by atoms with Gasteiger partial charge < -0.3 is 4.79 Å². The molecule has 15 heavy (non-hydrogen) atoms. The van der Waals surface area contributed by atoms with E-state index >= 15 is 0 Å². The van der Waals surface area contributed by atoms with E-state index in [9.17, 15) is 14.4 Å². The van der Waals surface area contributed by atoms with E-state index in [1.165, 1.54) is 4.90 Å². The van der Waals surface area contributed by atoms with Gasteiger partial charge in [-0.25, -0.2) is 0 Å². The van der Waals surface area contributed by atoms with Crippen LogP contribution in [0.1, 0.15) is 45.4 Å². The van der Waals surface area contributed by atoms with Crippen molar-refractivity contribution < 1.29 is 14.4 Å². The van der Waals surface area contributed by atoms with Gasteiger partial charge in [-0.1, -0.05) is 0 Å². The number of piperidine rings is 1. The Hall–Kier alpha value is -1.19. The first-order valence-corrected chi connectivity index (χ1v) is 5.44. The smallest absolute Gasteiger partial charge is 0.229 e. The molecule has 4 heteroatoms. The molecule has 1 fully saturated rings. The van der Waals surface area contributed by atoms with Crippen LogP contribution in [-0.2, 0) is 14.4 Å². The second kappa shape index (κ2) is 5.63. The van der Waals surface area contributed by atoms with Gasteiger partial charge in [-0.3, -0.25) is 14.5 Å². The molecule has 1 aliphatic heterocycles. The van der Waals surface area contributed by atoms with E-state index in [1.807, 2.05) is 0 Å². The molecule has 0 bridgehead atoms. The molecule has 0 N–H and O–H groups in total. The van der Waals surface area contributed by atoms with E-state index in [0.29, 0.717) is 32.2 Å². The Balaban J connectivity index is 2.26. The third-order valence-corrected chi connectivity index (χ3v) is 2.54. The second-order valence-corrected chi connectivity index (χ2v) is 3.95. The zero-order chi connectivity index (χ0) is 11.3. The van der Waals surface area contributed by atoms with E-state index in [0.717, 1.165) is 12.8 Å². The topological polar surface area (TPSA) is 54.5 Å². The number of likely N-dealkylation sites (tertiary alicyclic amines) is 1. The van der Waals surface area contributed by atoms with E-state index in [2.05, 4.69) is 0 Å². The minimum absolute atomic E-state index is 0.0610.